The molecule has 0 aromatic heterocycles. The lowest BCUT2D eigenvalue weighted by molar-refractivity contribution is -0.131. The van der Waals surface area contributed by atoms with Crippen molar-refractivity contribution in [3.63, 3.8) is 0 Å². The van der Waals surface area contributed by atoms with Crippen LogP contribution in [0.15, 0.2) is 11.6 Å². The largest absolute Gasteiger partial charge is 0.478 e. The minimum Gasteiger partial charge on any atom is -0.478 e. The SMILES string of the molecule is CC(=CC(=O)O)CNC(C)C(=O)NCC(C)C. The van der Waals surface area contributed by atoms with Crippen LogP contribution in [0.25, 0.3) is 0 Å². The van der Waals surface area contributed by atoms with Crippen molar-refractivity contribution < 1.29 is 14.7 Å². The van der Waals surface area contributed by atoms with Gasteiger partial charge in [-0.1, -0.05) is 19.4 Å². The third kappa shape index (κ3) is 8.45. The Bertz CT molecular complexity index is 298. The predicted molar refractivity (Wildman–Crippen MR) is 66.7 cm³/mol. The molecule has 0 aliphatic carbocycles. The highest BCUT2D eigenvalue weighted by Crippen LogP contribution is 1.93. The quantitative estimate of drug-likeness (QED) is 0.576. The maximum absolute atomic E-state index is 11.6. The van der Waals surface area contributed by atoms with E-state index < -0.39 is 5.97 Å². The zero-order valence-electron chi connectivity index (χ0n) is 10.9. The van der Waals surface area contributed by atoms with Gasteiger partial charge in [0.15, 0.2) is 0 Å². The van der Waals surface area contributed by atoms with E-state index in [0.717, 1.165) is 6.08 Å². The highest BCUT2D eigenvalue weighted by molar-refractivity contribution is 5.82. The molecule has 0 aliphatic rings. The lowest BCUT2D eigenvalue weighted by atomic mass is 10.2. The number of rotatable bonds is 7. The number of nitrogens with one attached hydrogen (secondary N) is 2. The van der Waals surface area contributed by atoms with Gasteiger partial charge in [-0.2, -0.15) is 0 Å². The number of hydrogen-bond acceptors (Lipinski definition) is 3. The molecule has 5 heteroatoms. The van der Waals surface area contributed by atoms with Crippen LogP contribution in [-0.2, 0) is 9.59 Å². The molecule has 0 aromatic carbocycles. The summed E-state index contributed by atoms with van der Waals surface area (Å²) < 4.78 is 0. The van der Waals surface area contributed by atoms with Gasteiger partial charge in [0.2, 0.25) is 5.91 Å². The molecule has 1 atom stereocenters. The van der Waals surface area contributed by atoms with Crippen LogP contribution >= 0.6 is 0 Å². The van der Waals surface area contributed by atoms with Crippen LogP contribution in [0, 0.1) is 5.92 Å². The Hall–Kier alpha value is -1.36. The summed E-state index contributed by atoms with van der Waals surface area (Å²) >= 11 is 0. The van der Waals surface area contributed by atoms with Gasteiger partial charge in [0.1, 0.15) is 0 Å². The van der Waals surface area contributed by atoms with Crippen molar-refractivity contribution in [3.8, 4) is 0 Å². The molecule has 17 heavy (non-hydrogen) atoms. The van der Waals surface area contributed by atoms with E-state index in [4.69, 9.17) is 5.11 Å². The number of hydrogen-bond donors (Lipinski definition) is 3. The van der Waals surface area contributed by atoms with E-state index in [1.54, 1.807) is 13.8 Å². The number of carboxylic acids is 1. The Morgan fingerprint density at radius 3 is 2.35 bits per heavy atom. The Labute approximate surface area is 102 Å². The monoisotopic (exact) mass is 242 g/mol. The van der Waals surface area contributed by atoms with Crippen molar-refractivity contribution in [3.05, 3.63) is 11.6 Å². The molecular formula is C12H22N2O3. The molecule has 1 amide bonds. The summed E-state index contributed by atoms with van der Waals surface area (Å²) in [5.74, 6) is -0.622. The molecular weight excluding hydrogens is 220 g/mol. The first-order chi connectivity index (χ1) is 7.82. The normalized spacial score (nSPS) is 13.6. The van der Waals surface area contributed by atoms with Gasteiger partial charge in [0.25, 0.3) is 0 Å². The minimum absolute atomic E-state index is 0.0678. The van der Waals surface area contributed by atoms with Crippen molar-refractivity contribution >= 4 is 11.9 Å². The lowest BCUT2D eigenvalue weighted by Crippen LogP contribution is -2.43. The standard InChI is InChI=1S/C12H22N2O3/c1-8(2)6-14-12(17)10(4)13-7-9(3)5-11(15)16/h5,8,10,13H,6-7H2,1-4H3,(H,14,17)(H,15,16). The van der Waals surface area contributed by atoms with Gasteiger partial charge >= 0.3 is 5.97 Å². The lowest BCUT2D eigenvalue weighted by Gasteiger charge is -2.15. The van der Waals surface area contributed by atoms with Gasteiger partial charge in [-0.15, -0.1) is 0 Å². The van der Waals surface area contributed by atoms with E-state index in [9.17, 15) is 9.59 Å². The van der Waals surface area contributed by atoms with Gasteiger partial charge < -0.3 is 15.7 Å². The molecule has 5 nitrogen and oxygen atoms in total. The molecule has 0 fully saturated rings. The maximum Gasteiger partial charge on any atom is 0.328 e. The summed E-state index contributed by atoms with van der Waals surface area (Å²) in [5, 5.41) is 14.3. The molecule has 0 heterocycles. The second kappa shape index (κ2) is 7.84. The number of aliphatic carboxylic acids is 1. The first-order valence-corrected chi connectivity index (χ1v) is 5.74. The van der Waals surface area contributed by atoms with Crippen LogP contribution in [0.5, 0.6) is 0 Å². The highest BCUT2D eigenvalue weighted by Gasteiger charge is 2.11. The average molecular weight is 242 g/mol. The summed E-state index contributed by atoms with van der Waals surface area (Å²) in [6, 6.07) is -0.328. The molecule has 3 N–H and O–H groups in total. The van der Waals surface area contributed by atoms with E-state index in [0.29, 0.717) is 24.6 Å². The first-order valence-electron chi connectivity index (χ1n) is 5.74. The number of carbonyl (C=O) groups is 2. The fourth-order valence-corrected chi connectivity index (χ4v) is 1.13. The molecule has 0 bridgehead atoms. The second-order valence-corrected chi connectivity index (χ2v) is 4.57. The third-order valence-corrected chi connectivity index (χ3v) is 2.13. The van der Waals surface area contributed by atoms with E-state index in [-0.39, 0.29) is 11.9 Å². The zero-order valence-corrected chi connectivity index (χ0v) is 10.9. The van der Waals surface area contributed by atoms with Crippen molar-refractivity contribution in [1.82, 2.24) is 10.6 Å². The van der Waals surface area contributed by atoms with E-state index in [1.807, 2.05) is 13.8 Å². The first kappa shape index (κ1) is 15.6. The summed E-state index contributed by atoms with van der Waals surface area (Å²) in [6.45, 7) is 8.55. The van der Waals surface area contributed by atoms with E-state index in [2.05, 4.69) is 10.6 Å². The van der Waals surface area contributed by atoms with Crippen molar-refractivity contribution in [1.29, 1.82) is 0 Å². The van der Waals surface area contributed by atoms with Crippen molar-refractivity contribution in [2.24, 2.45) is 5.92 Å². The molecule has 0 radical (unpaired) electrons. The van der Waals surface area contributed by atoms with Gasteiger partial charge in [0.05, 0.1) is 6.04 Å². The molecule has 0 aliphatic heterocycles. The molecule has 0 saturated heterocycles. The smallest absolute Gasteiger partial charge is 0.328 e. The van der Waals surface area contributed by atoms with Crippen LogP contribution in [-0.4, -0.2) is 36.1 Å². The van der Waals surface area contributed by atoms with Crippen LogP contribution < -0.4 is 10.6 Å². The second-order valence-electron chi connectivity index (χ2n) is 4.57. The highest BCUT2D eigenvalue weighted by atomic mass is 16.4. The van der Waals surface area contributed by atoms with E-state index >= 15 is 0 Å². The third-order valence-electron chi connectivity index (χ3n) is 2.13. The number of carbonyl (C=O) groups excluding carboxylic acids is 1. The minimum atomic E-state index is -0.971. The zero-order chi connectivity index (χ0) is 13.4. The topological polar surface area (TPSA) is 78.4 Å². The summed E-state index contributed by atoms with van der Waals surface area (Å²) in [4.78, 5) is 22.0. The molecule has 0 aromatic rings. The fraction of sp³-hybridized carbons (Fsp3) is 0.667. The Morgan fingerprint density at radius 1 is 1.29 bits per heavy atom. The van der Waals surface area contributed by atoms with Crippen LogP contribution in [0.1, 0.15) is 27.7 Å². The van der Waals surface area contributed by atoms with Crippen LogP contribution in [0.4, 0.5) is 0 Å². The Balaban J connectivity index is 3.97. The summed E-state index contributed by atoms with van der Waals surface area (Å²) in [6.07, 6.45) is 1.13. The van der Waals surface area contributed by atoms with Gasteiger partial charge in [0, 0.05) is 19.2 Å². The fourth-order valence-electron chi connectivity index (χ4n) is 1.13. The molecule has 0 rings (SSSR count). The predicted octanol–water partition coefficient (Wildman–Crippen LogP) is 0.768. The average Bonchev–Trinajstić information content (AvgIpc) is 2.21. The molecule has 98 valence electrons. The van der Waals surface area contributed by atoms with Crippen LogP contribution in [0.3, 0.4) is 0 Å². The van der Waals surface area contributed by atoms with Gasteiger partial charge in [-0.25, -0.2) is 4.79 Å². The van der Waals surface area contributed by atoms with Crippen molar-refractivity contribution in [2.75, 3.05) is 13.1 Å². The summed E-state index contributed by atoms with van der Waals surface area (Å²) in [7, 11) is 0. The maximum atomic E-state index is 11.6. The van der Waals surface area contributed by atoms with E-state index in [1.165, 1.54) is 0 Å². The number of carboxylic acid groups (broad SMARTS) is 1. The molecule has 0 spiro atoms. The van der Waals surface area contributed by atoms with Gasteiger partial charge in [-0.05, 0) is 19.8 Å². The summed E-state index contributed by atoms with van der Waals surface area (Å²) in [5.41, 5.74) is 0.681. The van der Waals surface area contributed by atoms with Gasteiger partial charge in [-0.3, -0.25) is 4.79 Å². The molecule has 0 saturated carbocycles. The van der Waals surface area contributed by atoms with Crippen molar-refractivity contribution in [2.45, 2.75) is 33.7 Å². The Kier molecular flexibility index (Phi) is 7.21. The Morgan fingerprint density at radius 2 is 1.88 bits per heavy atom. The molecule has 1 unspecified atom stereocenters. The van der Waals surface area contributed by atoms with Crippen LogP contribution in [0.2, 0.25) is 0 Å². The number of amides is 1.